The fourth-order valence-electron chi connectivity index (χ4n) is 0. The molecule has 0 radical (unpaired) electrons. The Morgan fingerprint density at radius 1 is 2.00 bits per heavy atom. The molecule has 0 aromatic heterocycles. The van der Waals surface area contributed by atoms with E-state index in [-0.39, 0.29) is 0 Å². The van der Waals surface area contributed by atoms with Crippen molar-refractivity contribution in [3.8, 4) is 0 Å². The Morgan fingerprint density at radius 3 is 2.14 bits per heavy atom. The molecule has 0 saturated heterocycles. The minimum atomic E-state index is -1.08. The fourth-order valence-corrected chi connectivity index (χ4v) is 0. The van der Waals surface area contributed by atoms with Gasteiger partial charge in [-0.05, 0) is 38.5 Å². The molecule has 0 aliphatic rings. The maximum Gasteiger partial charge on any atom is 0.228 e. The average molecular weight is 302 g/mol. The van der Waals surface area contributed by atoms with Crippen molar-refractivity contribution < 1.29 is 4.48 Å². The molecule has 0 aliphatic heterocycles. The van der Waals surface area contributed by atoms with Crippen molar-refractivity contribution >= 4 is 50.1 Å². The topological polar surface area (TPSA) is 3.24 Å². The molecule has 0 aromatic carbocycles. The van der Waals surface area contributed by atoms with Crippen molar-refractivity contribution in [1.29, 1.82) is 0 Å². The first-order valence-electron chi connectivity index (χ1n) is 1.41. The van der Waals surface area contributed by atoms with Gasteiger partial charge in [-0.1, -0.05) is 11.6 Å². The van der Waals surface area contributed by atoms with Gasteiger partial charge < -0.3 is 0 Å². The lowest BCUT2D eigenvalue weighted by molar-refractivity contribution is 0.0702. The van der Waals surface area contributed by atoms with E-state index in [1.54, 1.807) is 22.6 Å². The molecule has 0 saturated carbocycles. The third kappa shape index (κ3) is 3.93. The van der Waals surface area contributed by atoms with E-state index in [4.69, 9.17) is 11.6 Å². The summed E-state index contributed by atoms with van der Waals surface area (Å²) in [5.74, 6) is 0. The molecule has 0 N–H and O–H groups in total. The van der Waals surface area contributed by atoms with Crippen molar-refractivity contribution in [2.24, 2.45) is 0 Å². The van der Waals surface area contributed by atoms with Crippen LogP contribution in [-0.2, 0) is 0 Å². The summed E-state index contributed by atoms with van der Waals surface area (Å²) in [5, 5.41) is 0.356. The summed E-state index contributed by atoms with van der Waals surface area (Å²) >= 11 is 9.87. The minimum Gasteiger partial charge on any atom is -0.131 e. The zero-order valence-corrected chi connectivity index (χ0v) is 7.96. The smallest absolute Gasteiger partial charge is 0.131 e. The van der Waals surface area contributed by atoms with Crippen molar-refractivity contribution in [1.82, 2.24) is 5.12 Å². The molecule has 0 spiro atoms. The maximum atomic E-state index is 11.9. The molecule has 0 aliphatic carbocycles. The van der Waals surface area contributed by atoms with Crippen LogP contribution in [0.2, 0.25) is 0 Å². The summed E-state index contributed by atoms with van der Waals surface area (Å²) in [5.41, 5.74) is 0. The summed E-state index contributed by atoms with van der Waals surface area (Å²) < 4.78 is 10.8. The van der Waals surface area contributed by atoms with Crippen molar-refractivity contribution in [2.75, 3.05) is 7.05 Å². The molecule has 1 nitrogen and oxygen atoms in total. The second kappa shape index (κ2) is 2.80. The van der Waals surface area contributed by atoms with Gasteiger partial charge in [-0.3, -0.25) is 0 Å². The van der Waals surface area contributed by atoms with Gasteiger partial charge in [-0.15, -0.1) is 9.60 Å². The van der Waals surface area contributed by atoms with Crippen LogP contribution in [-0.4, -0.2) is 14.1 Å². The summed E-state index contributed by atoms with van der Waals surface area (Å²) in [6.45, 7) is 0. The summed E-state index contributed by atoms with van der Waals surface area (Å²) in [4.78, 5) is 0. The van der Waals surface area contributed by atoms with Gasteiger partial charge >= 0.3 is 0 Å². The number of hydrogen-bond acceptors (Lipinski definition) is 1. The van der Waals surface area contributed by atoms with Gasteiger partial charge in [0.15, 0.2) is 0 Å². The highest BCUT2D eigenvalue weighted by Gasteiger charge is 2.23. The molecular weight excluding hydrogens is 299 g/mol. The standard InChI is InChI=1S/C2H3BrClFIN/c1-7(5)2(3,4)6/h1H3. The lowest BCUT2D eigenvalue weighted by Crippen LogP contribution is -2.20. The van der Waals surface area contributed by atoms with Crippen LogP contribution in [0.15, 0.2) is 0 Å². The average Bonchev–Trinajstić information content (AvgIpc) is 1.31. The molecule has 5 heteroatoms. The summed E-state index contributed by atoms with van der Waals surface area (Å²) in [6.07, 6.45) is 0. The Hall–Kier alpha value is 1.39. The summed E-state index contributed by atoms with van der Waals surface area (Å²) in [6, 6.07) is 0. The fraction of sp³-hybridized carbons (Fsp3) is 1.00. The lowest BCUT2D eigenvalue weighted by Gasteiger charge is -2.14. The number of hydrogen-bond donors (Lipinski definition) is 0. The Labute approximate surface area is 68.4 Å². The van der Waals surface area contributed by atoms with Crippen LogP contribution < -0.4 is 0 Å². The van der Waals surface area contributed by atoms with Gasteiger partial charge in [-0.2, -0.15) is 0 Å². The Bertz CT molecular complexity index is 63.2. The third-order valence-corrected chi connectivity index (χ3v) is 1.74. The van der Waals surface area contributed by atoms with E-state index in [2.05, 4.69) is 15.9 Å². The third-order valence-electron chi connectivity index (χ3n) is 0.349. The van der Waals surface area contributed by atoms with E-state index in [9.17, 15) is 4.48 Å². The van der Waals surface area contributed by atoms with E-state index in [0.717, 1.165) is 0 Å². The quantitative estimate of drug-likeness (QED) is 0.311. The first kappa shape index (κ1) is 8.39. The monoisotopic (exact) mass is 301 g/mol. The molecule has 0 bridgehead atoms. The highest BCUT2D eigenvalue weighted by Crippen LogP contribution is 2.34. The molecule has 0 aromatic rings. The lowest BCUT2D eigenvalue weighted by atomic mass is 11.2. The molecule has 0 fully saturated rings. The van der Waals surface area contributed by atoms with E-state index < -0.39 is 1.91 Å². The van der Waals surface area contributed by atoms with E-state index in [1.807, 2.05) is 0 Å². The second-order valence-corrected chi connectivity index (χ2v) is 6.78. The van der Waals surface area contributed by atoms with Crippen molar-refractivity contribution in [2.45, 2.75) is 1.91 Å². The SMILES string of the molecule is CN(F)C(Cl)(Br)I. The van der Waals surface area contributed by atoms with E-state index in [0.29, 0.717) is 5.12 Å². The highest BCUT2D eigenvalue weighted by atomic mass is 127. The number of nitrogens with zero attached hydrogens (tertiary/aromatic N) is 1. The van der Waals surface area contributed by atoms with Gasteiger partial charge in [0.05, 0.1) is 0 Å². The molecule has 7 heavy (non-hydrogen) atoms. The second-order valence-electron chi connectivity index (χ2n) is 0.945. The zero-order valence-electron chi connectivity index (χ0n) is 3.46. The summed E-state index contributed by atoms with van der Waals surface area (Å²) in [7, 11) is 1.23. The predicted octanol–water partition coefficient (Wildman–Crippen LogP) is 2.48. The van der Waals surface area contributed by atoms with Crippen LogP contribution in [0.3, 0.4) is 0 Å². The minimum absolute atomic E-state index is 0.356. The van der Waals surface area contributed by atoms with Gasteiger partial charge in [0.1, 0.15) is 0 Å². The molecule has 44 valence electrons. The maximum absolute atomic E-state index is 11.9. The van der Waals surface area contributed by atoms with Gasteiger partial charge in [0.25, 0.3) is 0 Å². The van der Waals surface area contributed by atoms with Crippen LogP contribution in [0.1, 0.15) is 0 Å². The molecular formula is C2H3BrClFIN. The largest absolute Gasteiger partial charge is 0.228 e. The number of halogens is 4. The van der Waals surface area contributed by atoms with Gasteiger partial charge in [0.2, 0.25) is 1.91 Å². The molecule has 0 rings (SSSR count). The number of rotatable bonds is 1. The van der Waals surface area contributed by atoms with Crippen molar-refractivity contribution in [3.63, 3.8) is 0 Å². The van der Waals surface area contributed by atoms with E-state index >= 15 is 0 Å². The van der Waals surface area contributed by atoms with Crippen LogP contribution in [0, 0.1) is 0 Å². The first-order valence-corrected chi connectivity index (χ1v) is 3.66. The molecule has 0 amide bonds. The van der Waals surface area contributed by atoms with Gasteiger partial charge in [0, 0.05) is 7.05 Å². The first-order chi connectivity index (χ1) is 2.94. The molecule has 0 heterocycles. The van der Waals surface area contributed by atoms with Crippen LogP contribution in [0.5, 0.6) is 0 Å². The van der Waals surface area contributed by atoms with E-state index in [1.165, 1.54) is 7.05 Å². The normalized spacial score (nSPS) is 19.7. The van der Waals surface area contributed by atoms with Crippen LogP contribution in [0.25, 0.3) is 0 Å². The Balaban J connectivity index is 3.54. The van der Waals surface area contributed by atoms with Crippen LogP contribution >= 0.6 is 50.1 Å². The van der Waals surface area contributed by atoms with Crippen molar-refractivity contribution in [3.05, 3.63) is 0 Å². The molecule has 1 atom stereocenters. The Kier molecular flexibility index (Phi) is 3.35. The highest BCUT2D eigenvalue weighted by molar-refractivity contribution is 14.1. The van der Waals surface area contributed by atoms with Crippen LogP contribution in [0.4, 0.5) is 4.48 Å². The Morgan fingerprint density at radius 2 is 2.14 bits per heavy atom. The van der Waals surface area contributed by atoms with Gasteiger partial charge in [-0.25, -0.2) is 0 Å². The number of alkyl halides is 3. The molecule has 1 unspecified atom stereocenters. The zero-order chi connectivity index (χ0) is 6.08. The predicted molar refractivity (Wildman–Crippen MR) is 40.4 cm³/mol.